The largest absolute Gasteiger partial charge is 0.508 e. The number of nitrogens with zero attached hydrogens (tertiary/aromatic N) is 3. The second-order valence-electron chi connectivity index (χ2n) is 6.11. The number of hydrogen-bond donors (Lipinski definition) is 2. The number of hydrogen-bond acceptors (Lipinski definition) is 4. The highest BCUT2D eigenvalue weighted by molar-refractivity contribution is 5.82. The molecule has 1 aromatic carbocycles. The summed E-state index contributed by atoms with van der Waals surface area (Å²) in [5.41, 5.74) is 1.60. The van der Waals surface area contributed by atoms with Gasteiger partial charge in [0.2, 0.25) is 0 Å². The number of urea groups is 1. The molecule has 0 saturated heterocycles. The van der Waals surface area contributed by atoms with Crippen molar-refractivity contribution in [1.29, 1.82) is 0 Å². The lowest BCUT2D eigenvalue weighted by molar-refractivity contribution is -0.141. The van der Waals surface area contributed by atoms with Gasteiger partial charge in [0.15, 0.2) is 0 Å². The Balaban J connectivity index is 1.99. The van der Waals surface area contributed by atoms with Gasteiger partial charge in [-0.3, -0.25) is 4.98 Å². The number of aliphatic carboxylic acids is 1. The van der Waals surface area contributed by atoms with Crippen LogP contribution >= 0.6 is 0 Å². The summed E-state index contributed by atoms with van der Waals surface area (Å²) in [6.45, 7) is 0.436. The smallest absolute Gasteiger partial charge is 0.326 e. The zero-order valence-corrected chi connectivity index (χ0v) is 14.9. The maximum Gasteiger partial charge on any atom is 0.326 e. The van der Waals surface area contributed by atoms with Gasteiger partial charge >= 0.3 is 12.0 Å². The van der Waals surface area contributed by atoms with Crippen molar-refractivity contribution in [2.75, 3.05) is 20.6 Å². The minimum Gasteiger partial charge on any atom is -0.508 e. The zero-order valence-electron chi connectivity index (χ0n) is 14.9. The standard InChI is InChI=1S/C19H23N3O4/c1-21(12-10-15-5-3-4-11-20-15)19(26)22(2)17(18(24)25)13-14-6-8-16(23)9-7-14/h3-9,11,17,23H,10,12-13H2,1-2H3,(H,24,25). The molecule has 0 fully saturated rings. The number of benzene rings is 1. The first-order valence-corrected chi connectivity index (χ1v) is 8.27. The quantitative estimate of drug-likeness (QED) is 0.790. The average molecular weight is 357 g/mol. The second-order valence-corrected chi connectivity index (χ2v) is 6.11. The van der Waals surface area contributed by atoms with Crippen molar-refractivity contribution in [3.05, 3.63) is 59.9 Å². The van der Waals surface area contributed by atoms with E-state index in [4.69, 9.17) is 0 Å². The zero-order chi connectivity index (χ0) is 19.1. The number of amides is 2. The number of aromatic nitrogens is 1. The van der Waals surface area contributed by atoms with Crippen molar-refractivity contribution in [1.82, 2.24) is 14.8 Å². The van der Waals surface area contributed by atoms with E-state index >= 15 is 0 Å². The summed E-state index contributed by atoms with van der Waals surface area (Å²) in [6.07, 6.45) is 2.44. The highest BCUT2D eigenvalue weighted by atomic mass is 16.4. The number of carboxylic acid groups (broad SMARTS) is 1. The van der Waals surface area contributed by atoms with E-state index in [-0.39, 0.29) is 18.2 Å². The van der Waals surface area contributed by atoms with Crippen LogP contribution in [0.2, 0.25) is 0 Å². The molecule has 1 unspecified atom stereocenters. The van der Waals surface area contributed by atoms with Crippen molar-refractivity contribution < 1.29 is 19.8 Å². The number of pyridine rings is 1. The number of carbonyl (C=O) groups excluding carboxylic acids is 1. The van der Waals surface area contributed by atoms with Crippen LogP contribution in [0.1, 0.15) is 11.3 Å². The third kappa shape index (κ3) is 5.20. The summed E-state index contributed by atoms with van der Waals surface area (Å²) in [5, 5.41) is 18.9. The molecule has 0 aliphatic carbocycles. The van der Waals surface area contributed by atoms with Crippen molar-refractivity contribution >= 4 is 12.0 Å². The van der Waals surface area contributed by atoms with E-state index in [1.54, 1.807) is 25.4 Å². The molecule has 2 aromatic rings. The van der Waals surface area contributed by atoms with Crippen LogP contribution in [-0.4, -0.2) is 63.7 Å². The summed E-state index contributed by atoms with van der Waals surface area (Å²) in [7, 11) is 3.13. The highest BCUT2D eigenvalue weighted by Crippen LogP contribution is 2.14. The fourth-order valence-electron chi connectivity index (χ4n) is 2.57. The minimum absolute atomic E-state index is 0.110. The maximum atomic E-state index is 12.6. The van der Waals surface area contributed by atoms with Crippen molar-refractivity contribution in [2.45, 2.75) is 18.9 Å². The van der Waals surface area contributed by atoms with Gasteiger partial charge in [-0.15, -0.1) is 0 Å². The Bertz CT molecular complexity index is 734. The van der Waals surface area contributed by atoms with Crippen molar-refractivity contribution in [3.8, 4) is 5.75 Å². The molecule has 0 radical (unpaired) electrons. The number of carboxylic acids is 1. The van der Waals surface area contributed by atoms with E-state index in [0.29, 0.717) is 13.0 Å². The van der Waals surface area contributed by atoms with E-state index in [1.807, 2.05) is 18.2 Å². The topological polar surface area (TPSA) is 94.0 Å². The van der Waals surface area contributed by atoms with Crippen LogP contribution < -0.4 is 0 Å². The Morgan fingerprint density at radius 1 is 1.12 bits per heavy atom. The molecular weight excluding hydrogens is 334 g/mol. The number of likely N-dealkylation sites (N-methyl/N-ethyl adjacent to an activating group) is 2. The number of aromatic hydroxyl groups is 1. The Hall–Kier alpha value is -3.09. The number of carbonyl (C=O) groups is 2. The van der Waals surface area contributed by atoms with E-state index in [2.05, 4.69) is 4.98 Å². The monoisotopic (exact) mass is 357 g/mol. The minimum atomic E-state index is -1.08. The third-order valence-corrected chi connectivity index (χ3v) is 4.18. The fourth-order valence-corrected chi connectivity index (χ4v) is 2.57. The molecule has 7 nitrogen and oxygen atoms in total. The van der Waals surface area contributed by atoms with Crippen LogP contribution in [0.15, 0.2) is 48.7 Å². The normalized spacial score (nSPS) is 11.6. The number of rotatable bonds is 7. The third-order valence-electron chi connectivity index (χ3n) is 4.18. The maximum absolute atomic E-state index is 12.6. The van der Waals surface area contributed by atoms with Crippen molar-refractivity contribution in [3.63, 3.8) is 0 Å². The van der Waals surface area contributed by atoms with Crippen LogP contribution in [0.4, 0.5) is 4.79 Å². The molecule has 1 heterocycles. The number of phenols is 1. The lowest BCUT2D eigenvalue weighted by atomic mass is 10.0. The lowest BCUT2D eigenvalue weighted by Gasteiger charge is -2.29. The van der Waals surface area contributed by atoms with Gasteiger partial charge in [0.25, 0.3) is 0 Å². The van der Waals surface area contributed by atoms with E-state index in [9.17, 15) is 19.8 Å². The van der Waals surface area contributed by atoms with Gasteiger partial charge in [-0.2, -0.15) is 0 Å². The molecule has 26 heavy (non-hydrogen) atoms. The first-order chi connectivity index (χ1) is 12.4. The first-order valence-electron chi connectivity index (χ1n) is 8.27. The van der Waals surface area contributed by atoms with Gasteiger partial charge in [0.05, 0.1) is 0 Å². The molecule has 7 heteroatoms. The van der Waals surface area contributed by atoms with Gasteiger partial charge in [-0.25, -0.2) is 9.59 Å². The van der Waals surface area contributed by atoms with Crippen LogP contribution in [0.3, 0.4) is 0 Å². The summed E-state index contributed by atoms with van der Waals surface area (Å²) in [4.78, 5) is 31.2. The summed E-state index contributed by atoms with van der Waals surface area (Å²) >= 11 is 0. The molecule has 138 valence electrons. The number of phenolic OH excluding ortho intramolecular Hbond substituents is 1. The Morgan fingerprint density at radius 2 is 1.81 bits per heavy atom. The first kappa shape index (κ1) is 19.2. The molecule has 1 aromatic heterocycles. The molecule has 1 atom stereocenters. The predicted molar refractivity (Wildman–Crippen MR) is 97.0 cm³/mol. The van der Waals surface area contributed by atoms with Gasteiger partial charge in [-0.05, 0) is 29.8 Å². The van der Waals surface area contributed by atoms with E-state index in [1.165, 1.54) is 29.0 Å². The molecular formula is C19H23N3O4. The van der Waals surface area contributed by atoms with Crippen molar-refractivity contribution in [2.24, 2.45) is 0 Å². The van der Waals surface area contributed by atoms with Gasteiger partial charge in [0, 0.05) is 45.4 Å². The summed E-state index contributed by atoms with van der Waals surface area (Å²) in [5.74, 6) is -0.966. The van der Waals surface area contributed by atoms with Gasteiger partial charge in [0.1, 0.15) is 11.8 Å². The highest BCUT2D eigenvalue weighted by Gasteiger charge is 2.28. The molecule has 0 spiro atoms. The molecule has 0 bridgehead atoms. The lowest BCUT2D eigenvalue weighted by Crippen LogP contribution is -2.49. The molecule has 0 saturated carbocycles. The SMILES string of the molecule is CN(CCc1ccccn1)C(=O)N(C)C(Cc1ccc(O)cc1)C(=O)O. The van der Waals surface area contributed by atoms with E-state index < -0.39 is 12.0 Å². The van der Waals surface area contributed by atoms with Crippen LogP contribution in [0.25, 0.3) is 0 Å². The van der Waals surface area contributed by atoms with Crippen LogP contribution in [-0.2, 0) is 17.6 Å². The van der Waals surface area contributed by atoms with Gasteiger partial charge in [-0.1, -0.05) is 18.2 Å². The van der Waals surface area contributed by atoms with E-state index in [0.717, 1.165) is 11.3 Å². The second kappa shape index (κ2) is 8.84. The molecule has 2 N–H and O–H groups in total. The molecule has 0 aliphatic rings. The van der Waals surface area contributed by atoms with Crippen LogP contribution in [0, 0.1) is 0 Å². The molecule has 2 rings (SSSR count). The molecule has 0 aliphatic heterocycles. The molecule has 2 amide bonds. The van der Waals surface area contributed by atoms with Gasteiger partial charge < -0.3 is 20.0 Å². The Kier molecular flexibility index (Phi) is 6.54. The summed E-state index contributed by atoms with van der Waals surface area (Å²) in [6, 6.07) is 10.5. The van der Waals surface area contributed by atoms with Crippen LogP contribution in [0.5, 0.6) is 5.75 Å². The Morgan fingerprint density at radius 3 is 2.38 bits per heavy atom. The average Bonchev–Trinajstić information content (AvgIpc) is 2.65. The fraction of sp³-hybridized carbons (Fsp3) is 0.316. The summed E-state index contributed by atoms with van der Waals surface area (Å²) < 4.78 is 0. The Labute approximate surface area is 152 Å². The predicted octanol–water partition coefficient (Wildman–Crippen LogP) is 2.01.